The van der Waals surface area contributed by atoms with Gasteiger partial charge in [0.25, 0.3) is 5.91 Å². The zero-order valence-electron chi connectivity index (χ0n) is 16.8. The molecular weight excluding hydrogens is 568 g/mol. The van der Waals surface area contributed by atoms with Crippen LogP contribution < -0.4 is 4.74 Å². The lowest BCUT2D eigenvalue weighted by Gasteiger charge is -2.10. The number of aliphatic imine (C=N–C) groups is 1. The van der Waals surface area contributed by atoms with Gasteiger partial charge in [-0.15, -0.1) is 0 Å². The van der Waals surface area contributed by atoms with Gasteiger partial charge in [0.2, 0.25) is 0 Å². The highest BCUT2D eigenvalue weighted by atomic mass is 79.9. The molecule has 0 aromatic heterocycles. The lowest BCUT2D eigenvalue weighted by molar-refractivity contribution is -0.143. The Bertz CT molecular complexity index is 1120. The third-order valence-electron chi connectivity index (χ3n) is 4.22. The molecule has 1 aliphatic heterocycles. The van der Waals surface area contributed by atoms with Crippen molar-refractivity contribution in [3.63, 3.8) is 0 Å². The number of carbonyl (C=O) groups excluding carboxylic acids is 2. The first kappa shape index (κ1) is 24.0. The Hall–Kier alpha value is -2.63. The molecule has 0 aliphatic carbocycles. The second-order valence-corrected chi connectivity index (χ2v) is 9.12. The number of amidine groups is 1. The van der Waals surface area contributed by atoms with Crippen molar-refractivity contribution in [2.45, 2.75) is 0 Å². The van der Waals surface area contributed by atoms with Crippen molar-refractivity contribution in [3.05, 3.63) is 61.4 Å². The molecule has 1 saturated heterocycles. The molecule has 3 rings (SSSR count). The first-order chi connectivity index (χ1) is 15.2. The molecule has 0 unspecified atom stereocenters. The predicted octanol–water partition coefficient (Wildman–Crippen LogP) is 4.70. The Labute approximate surface area is 204 Å². The highest BCUT2D eigenvalue weighted by Crippen LogP contribution is 2.38. The Morgan fingerprint density at radius 1 is 1.19 bits per heavy atom. The third-order valence-corrected chi connectivity index (χ3v) is 6.46. The Morgan fingerprint density at radius 2 is 1.81 bits per heavy atom. The normalized spacial score (nSPS) is 16.0. The quantitative estimate of drug-likeness (QED) is 0.388. The summed E-state index contributed by atoms with van der Waals surface area (Å²) in [5.74, 6) is -1.30. The summed E-state index contributed by atoms with van der Waals surface area (Å²) in [6.45, 7) is -0.236. The maximum Gasteiger partial charge on any atom is 0.343 e. The van der Waals surface area contributed by atoms with E-state index in [1.807, 2.05) is 0 Å². The SMILES string of the molecule is COC(=O)COc1c(Br)cc(/C=C2\SC(=Nc3ccc(C(=O)O)cc3)N(C)C2=O)cc1Br. The van der Waals surface area contributed by atoms with E-state index >= 15 is 0 Å². The summed E-state index contributed by atoms with van der Waals surface area (Å²) < 4.78 is 11.2. The van der Waals surface area contributed by atoms with Gasteiger partial charge < -0.3 is 14.6 Å². The highest BCUT2D eigenvalue weighted by Gasteiger charge is 2.30. The topological polar surface area (TPSA) is 106 Å². The molecule has 1 fully saturated rings. The number of benzene rings is 2. The van der Waals surface area contributed by atoms with E-state index in [0.29, 0.717) is 30.5 Å². The van der Waals surface area contributed by atoms with Crippen LogP contribution in [0.25, 0.3) is 6.08 Å². The van der Waals surface area contributed by atoms with Crippen LogP contribution in [0, 0.1) is 0 Å². The summed E-state index contributed by atoms with van der Waals surface area (Å²) in [5, 5.41) is 9.47. The average Bonchev–Trinajstić information content (AvgIpc) is 3.01. The van der Waals surface area contributed by atoms with Crippen LogP contribution in [0.2, 0.25) is 0 Å². The number of nitrogens with zero attached hydrogens (tertiary/aromatic N) is 2. The number of thioether (sulfide) groups is 1. The van der Waals surface area contributed by atoms with Crippen LogP contribution in [0.15, 0.2) is 55.2 Å². The molecule has 32 heavy (non-hydrogen) atoms. The van der Waals surface area contributed by atoms with E-state index in [9.17, 15) is 14.4 Å². The maximum absolute atomic E-state index is 12.7. The Balaban J connectivity index is 1.82. The molecule has 11 heteroatoms. The summed E-state index contributed by atoms with van der Waals surface area (Å²) in [4.78, 5) is 41.3. The molecule has 0 spiro atoms. The number of carboxylic acids is 1. The molecule has 0 radical (unpaired) electrons. The number of amides is 1. The molecule has 0 atom stereocenters. The molecule has 8 nitrogen and oxygen atoms in total. The number of hydrogen-bond acceptors (Lipinski definition) is 7. The summed E-state index contributed by atoms with van der Waals surface area (Å²) in [6, 6.07) is 9.60. The molecule has 2 aromatic carbocycles. The summed E-state index contributed by atoms with van der Waals surface area (Å²) in [7, 11) is 2.90. The molecule has 1 N–H and O–H groups in total. The van der Waals surface area contributed by atoms with Crippen molar-refractivity contribution in [3.8, 4) is 5.75 Å². The van der Waals surface area contributed by atoms with Crippen LogP contribution in [-0.4, -0.2) is 53.8 Å². The fraction of sp³-hybridized carbons (Fsp3) is 0.143. The van der Waals surface area contributed by atoms with Gasteiger partial charge >= 0.3 is 11.9 Å². The van der Waals surface area contributed by atoms with Gasteiger partial charge in [0, 0.05) is 7.05 Å². The monoisotopic (exact) mass is 582 g/mol. The zero-order valence-corrected chi connectivity index (χ0v) is 20.8. The first-order valence-corrected chi connectivity index (χ1v) is 11.4. The van der Waals surface area contributed by atoms with E-state index in [1.165, 1.54) is 35.9 Å². The molecule has 1 heterocycles. The van der Waals surface area contributed by atoms with E-state index in [4.69, 9.17) is 9.84 Å². The van der Waals surface area contributed by atoms with E-state index in [0.717, 1.165) is 5.56 Å². The smallest absolute Gasteiger partial charge is 0.343 e. The highest BCUT2D eigenvalue weighted by molar-refractivity contribution is 9.11. The minimum atomic E-state index is -1.02. The van der Waals surface area contributed by atoms with Crippen LogP contribution in [0.5, 0.6) is 5.75 Å². The van der Waals surface area contributed by atoms with Gasteiger partial charge in [-0.3, -0.25) is 9.69 Å². The van der Waals surface area contributed by atoms with Crippen LogP contribution in [0.1, 0.15) is 15.9 Å². The van der Waals surface area contributed by atoms with Crippen LogP contribution in [0.4, 0.5) is 5.69 Å². The summed E-state index contributed by atoms with van der Waals surface area (Å²) in [5.41, 5.74) is 1.43. The summed E-state index contributed by atoms with van der Waals surface area (Å²) >= 11 is 8.04. The van der Waals surface area contributed by atoms with E-state index < -0.39 is 11.9 Å². The van der Waals surface area contributed by atoms with Crippen LogP contribution in [0.3, 0.4) is 0 Å². The van der Waals surface area contributed by atoms with E-state index in [-0.39, 0.29) is 18.1 Å². The standard InChI is InChI=1S/C21H16Br2N2O6S/c1-25-19(27)16(32-21(25)24-13-5-3-12(4-6-13)20(28)29)9-11-7-14(22)18(15(23)8-11)31-10-17(26)30-2/h3-9H,10H2,1-2H3,(H,28,29)/b16-9-,24-21?. The second kappa shape index (κ2) is 10.3. The molecular formula is C21H16Br2N2O6S. The average molecular weight is 584 g/mol. The maximum atomic E-state index is 12.7. The third kappa shape index (κ3) is 5.59. The number of carboxylic acid groups (broad SMARTS) is 1. The Kier molecular flexibility index (Phi) is 7.75. The van der Waals surface area contributed by atoms with Gasteiger partial charge in [0.1, 0.15) is 5.75 Å². The lowest BCUT2D eigenvalue weighted by atomic mass is 10.2. The number of aromatic carboxylic acids is 1. The minimum Gasteiger partial charge on any atom is -0.480 e. The number of methoxy groups -OCH3 is 1. The van der Waals surface area contributed by atoms with Crippen molar-refractivity contribution in [1.82, 2.24) is 4.90 Å². The first-order valence-electron chi connectivity index (χ1n) is 8.98. The van der Waals surface area contributed by atoms with Gasteiger partial charge in [-0.2, -0.15) is 0 Å². The van der Waals surface area contributed by atoms with Crippen LogP contribution >= 0.6 is 43.6 Å². The van der Waals surface area contributed by atoms with Gasteiger partial charge in [-0.05, 0) is 91.7 Å². The fourth-order valence-electron chi connectivity index (χ4n) is 2.58. The second-order valence-electron chi connectivity index (χ2n) is 6.40. The lowest BCUT2D eigenvalue weighted by Crippen LogP contribution is -2.23. The minimum absolute atomic E-state index is 0.160. The van der Waals surface area contributed by atoms with Gasteiger partial charge in [0.15, 0.2) is 11.8 Å². The fourth-order valence-corrected chi connectivity index (χ4v) is 5.02. The molecule has 2 aromatic rings. The molecule has 1 aliphatic rings. The number of halogens is 2. The van der Waals surface area contributed by atoms with Crippen molar-refractivity contribution >= 4 is 78.4 Å². The summed E-state index contributed by atoms with van der Waals surface area (Å²) in [6.07, 6.45) is 1.72. The van der Waals surface area contributed by atoms with Crippen molar-refractivity contribution < 1.29 is 29.0 Å². The van der Waals surface area contributed by atoms with E-state index in [2.05, 4.69) is 41.6 Å². The van der Waals surface area contributed by atoms with E-state index in [1.54, 1.807) is 37.4 Å². The van der Waals surface area contributed by atoms with Gasteiger partial charge in [-0.1, -0.05) is 0 Å². The molecule has 0 bridgehead atoms. The molecule has 1 amide bonds. The number of ether oxygens (including phenoxy) is 2. The number of likely N-dealkylation sites (N-methyl/N-ethyl adjacent to an activating group) is 1. The largest absolute Gasteiger partial charge is 0.480 e. The molecule has 0 saturated carbocycles. The van der Waals surface area contributed by atoms with Gasteiger partial charge in [-0.25, -0.2) is 14.6 Å². The number of esters is 1. The number of rotatable bonds is 6. The zero-order chi connectivity index (χ0) is 23.4. The van der Waals surface area contributed by atoms with Gasteiger partial charge in [0.05, 0.1) is 32.2 Å². The number of carbonyl (C=O) groups is 3. The van der Waals surface area contributed by atoms with Crippen molar-refractivity contribution in [2.24, 2.45) is 4.99 Å². The Morgan fingerprint density at radius 3 is 2.38 bits per heavy atom. The number of hydrogen-bond donors (Lipinski definition) is 1. The predicted molar refractivity (Wildman–Crippen MR) is 128 cm³/mol. The van der Waals surface area contributed by atoms with Crippen LogP contribution in [-0.2, 0) is 14.3 Å². The van der Waals surface area contributed by atoms with Crippen molar-refractivity contribution in [1.29, 1.82) is 0 Å². The van der Waals surface area contributed by atoms with Crippen molar-refractivity contribution in [2.75, 3.05) is 20.8 Å². The molecule has 166 valence electrons.